The van der Waals surface area contributed by atoms with Crippen molar-refractivity contribution >= 4 is 46.7 Å². The Bertz CT molecular complexity index is 1880. The van der Waals surface area contributed by atoms with E-state index in [1.54, 1.807) is 6.07 Å². The Balaban J connectivity index is 1.05. The second-order valence-corrected chi connectivity index (χ2v) is 17.9. The number of carbonyl (C=O) groups excluding carboxylic acids is 3. The number of thiophene rings is 1. The summed E-state index contributed by atoms with van der Waals surface area (Å²) in [5.41, 5.74) is 0.930. The predicted molar refractivity (Wildman–Crippen MR) is 190 cm³/mol. The number of nitrogens with zero attached hydrogens (tertiary/aromatic N) is 3. The molecule has 5 aliphatic rings. The molecule has 5 fully saturated rings. The van der Waals surface area contributed by atoms with Gasteiger partial charge in [-0.25, -0.2) is 4.39 Å². The molecule has 11 nitrogen and oxygen atoms in total. The molecule has 0 unspecified atom stereocenters. The molecule has 6 atom stereocenters. The molecule has 0 radical (unpaired) electrons. The summed E-state index contributed by atoms with van der Waals surface area (Å²) in [6.07, 6.45) is 6.04. The van der Waals surface area contributed by atoms with Crippen molar-refractivity contribution in [2.75, 3.05) is 26.8 Å². The number of amides is 3. The maximum Gasteiger partial charge on any atom is 0.363 e. The Morgan fingerprint density at radius 2 is 1.82 bits per heavy atom. The molecule has 2 aromatic carbocycles. The largest absolute Gasteiger partial charge is 0.378 e. The van der Waals surface area contributed by atoms with Crippen LogP contribution in [0.4, 0.5) is 4.39 Å². The van der Waals surface area contributed by atoms with Gasteiger partial charge in [0.05, 0.1) is 24.1 Å². The van der Waals surface area contributed by atoms with Crippen LogP contribution in [0.5, 0.6) is 0 Å². The molecule has 8 rings (SSSR count). The Morgan fingerprint density at radius 3 is 2.51 bits per heavy atom. The van der Waals surface area contributed by atoms with Crippen molar-refractivity contribution in [3.63, 3.8) is 0 Å². The van der Waals surface area contributed by atoms with Crippen LogP contribution < -0.4 is 5.32 Å². The molecule has 5 heterocycles. The number of hydrogen-bond donors (Lipinski definition) is 3. The lowest BCUT2D eigenvalue weighted by molar-refractivity contribution is -0.149. The lowest BCUT2D eigenvalue weighted by Crippen LogP contribution is -2.60. The van der Waals surface area contributed by atoms with Crippen LogP contribution in [0.2, 0.25) is 0 Å². The van der Waals surface area contributed by atoms with Crippen molar-refractivity contribution < 1.29 is 37.9 Å². The van der Waals surface area contributed by atoms with E-state index in [0.717, 1.165) is 43.4 Å². The van der Waals surface area contributed by atoms with E-state index in [9.17, 15) is 33.1 Å². The molecule has 51 heavy (non-hydrogen) atoms. The van der Waals surface area contributed by atoms with E-state index in [1.807, 2.05) is 23.1 Å². The van der Waals surface area contributed by atoms with E-state index in [-0.39, 0.29) is 47.0 Å². The van der Waals surface area contributed by atoms with Crippen LogP contribution in [0.15, 0.2) is 54.6 Å². The number of nitrogens with one attached hydrogen (secondary N) is 1. The van der Waals surface area contributed by atoms with Crippen LogP contribution in [0.1, 0.15) is 84.0 Å². The maximum atomic E-state index is 14.6. The van der Waals surface area contributed by atoms with Gasteiger partial charge in [-0.15, -0.1) is 11.3 Å². The van der Waals surface area contributed by atoms with Crippen LogP contribution in [0.3, 0.4) is 0 Å². The number of likely N-dealkylation sites (tertiary alicyclic amines) is 1. The summed E-state index contributed by atoms with van der Waals surface area (Å²) in [6, 6.07) is 15.0. The highest BCUT2D eigenvalue weighted by molar-refractivity contribution is 7.51. The normalized spacial score (nSPS) is 28.4. The van der Waals surface area contributed by atoms with Crippen molar-refractivity contribution in [3.8, 4) is 0 Å². The predicted octanol–water partition coefficient (Wildman–Crippen LogP) is 4.94. The van der Waals surface area contributed by atoms with Crippen LogP contribution in [-0.2, 0) is 18.9 Å². The molecule has 0 bridgehead atoms. The molecule has 3 amide bonds. The molecule has 4 saturated heterocycles. The number of carbonyl (C=O) groups is 3. The quantitative estimate of drug-likeness (QED) is 0.277. The first-order valence-corrected chi connectivity index (χ1v) is 20.4. The van der Waals surface area contributed by atoms with E-state index in [4.69, 9.17) is 4.74 Å². The summed E-state index contributed by atoms with van der Waals surface area (Å²) in [6.45, 7) is 1.96. The average molecular weight is 739 g/mol. The number of rotatable bonds is 8. The van der Waals surface area contributed by atoms with E-state index < -0.39 is 31.5 Å². The molecule has 14 heteroatoms. The lowest BCUT2D eigenvalue weighted by atomic mass is 9.92. The zero-order valence-electron chi connectivity index (χ0n) is 28.5. The lowest BCUT2D eigenvalue weighted by Gasteiger charge is -2.44. The van der Waals surface area contributed by atoms with Gasteiger partial charge in [-0.3, -0.25) is 23.8 Å². The van der Waals surface area contributed by atoms with E-state index in [0.29, 0.717) is 54.0 Å². The second-order valence-electron chi connectivity index (χ2n) is 15.2. The highest BCUT2D eigenvalue weighted by Gasteiger charge is 2.58. The summed E-state index contributed by atoms with van der Waals surface area (Å²) in [5, 5.41) is 3.48. The molecule has 1 aromatic heterocycles. The average Bonchev–Trinajstić information content (AvgIpc) is 3.39. The maximum absolute atomic E-state index is 14.6. The number of halogens is 1. The monoisotopic (exact) mass is 738 g/mol. The number of hydrogen-bond acceptors (Lipinski definition) is 7. The van der Waals surface area contributed by atoms with Crippen LogP contribution in [0, 0.1) is 0 Å². The van der Waals surface area contributed by atoms with Gasteiger partial charge in [0.15, 0.2) is 0 Å². The third kappa shape index (κ3) is 6.55. The van der Waals surface area contributed by atoms with Crippen molar-refractivity contribution in [1.82, 2.24) is 20.0 Å². The Kier molecular flexibility index (Phi) is 9.12. The fourth-order valence-electron chi connectivity index (χ4n) is 8.91. The molecule has 272 valence electrons. The molecule has 4 aliphatic heterocycles. The fourth-order valence-corrected chi connectivity index (χ4v) is 10.4. The minimum atomic E-state index is -5.00. The van der Waals surface area contributed by atoms with E-state index in [1.165, 1.54) is 23.8 Å². The van der Waals surface area contributed by atoms with Gasteiger partial charge in [-0.2, -0.15) is 0 Å². The minimum Gasteiger partial charge on any atom is -0.378 e. The summed E-state index contributed by atoms with van der Waals surface area (Å²) in [5.74, 6) is -2.87. The van der Waals surface area contributed by atoms with Gasteiger partial charge in [0.1, 0.15) is 12.1 Å². The molecule has 3 aromatic rings. The van der Waals surface area contributed by atoms with Crippen molar-refractivity contribution in [1.29, 1.82) is 0 Å². The van der Waals surface area contributed by atoms with Gasteiger partial charge >= 0.3 is 7.60 Å². The van der Waals surface area contributed by atoms with Gasteiger partial charge in [0.25, 0.3) is 5.91 Å². The van der Waals surface area contributed by atoms with Gasteiger partial charge in [0.2, 0.25) is 17.7 Å². The smallest absolute Gasteiger partial charge is 0.363 e. The molecule has 1 saturated carbocycles. The van der Waals surface area contributed by atoms with Gasteiger partial charge in [-0.05, 0) is 93.1 Å². The van der Waals surface area contributed by atoms with Crippen molar-refractivity contribution in [2.45, 2.75) is 98.9 Å². The minimum absolute atomic E-state index is 0.0199. The van der Waals surface area contributed by atoms with E-state index in [2.05, 4.69) is 34.3 Å². The topological polar surface area (TPSA) is 140 Å². The number of likely N-dealkylation sites (N-methyl/N-ethyl adjacent to an activating group) is 1. The number of fused-ring (bicyclic) bond motifs is 2. The highest BCUT2D eigenvalue weighted by Crippen LogP contribution is 2.55. The molecular formula is C37H44FN4O7PS. The van der Waals surface area contributed by atoms with Gasteiger partial charge in [-0.1, -0.05) is 36.4 Å². The third-order valence-electron chi connectivity index (χ3n) is 12.1. The highest BCUT2D eigenvalue weighted by atomic mass is 32.1. The Hall–Kier alpha value is -3.19. The molecule has 1 aliphatic carbocycles. The summed E-state index contributed by atoms with van der Waals surface area (Å²) in [7, 11) is -2.90. The SMILES string of the molecule is CN(C1COC1)[C@H]1CC[C@H](NC(=O)c2cc3cc([C@H](F)P(=O)(O)O)ccc3s2)C(=O)N2[C@H](CC[C@H]2C(=O)N2C[C@@H](c3ccccc3)CC23CC3)C1. The number of benzene rings is 2. The zero-order chi connectivity index (χ0) is 35.7. The fraction of sp³-hybridized carbons (Fsp3) is 0.541. The molecular weight excluding hydrogens is 694 g/mol. The Morgan fingerprint density at radius 1 is 1.06 bits per heavy atom. The summed E-state index contributed by atoms with van der Waals surface area (Å²) in [4.78, 5) is 68.2. The van der Waals surface area contributed by atoms with E-state index >= 15 is 0 Å². The first-order valence-electron chi connectivity index (χ1n) is 17.9. The number of alkyl halides is 1. The van der Waals surface area contributed by atoms with Crippen molar-refractivity contribution in [2.24, 2.45) is 0 Å². The Labute approximate surface area is 300 Å². The van der Waals surface area contributed by atoms with Gasteiger partial charge < -0.3 is 29.6 Å². The van der Waals surface area contributed by atoms with Crippen molar-refractivity contribution in [3.05, 3.63) is 70.6 Å². The summed E-state index contributed by atoms with van der Waals surface area (Å²) < 4.78 is 32.1. The summed E-state index contributed by atoms with van der Waals surface area (Å²) >= 11 is 1.16. The van der Waals surface area contributed by atoms with Crippen LogP contribution in [-0.4, -0.2) is 105 Å². The standard InChI is InChI=1S/C37H44FN4O7PS/c1-40(28-20-49-21-28)26-8-10-29(39-34(43)32-16-24-15-23(7-12-31(24)51-32)33(38)50(46,47)48)35(44)42-27(17-26)9-11-30(42)36(45)41-19-25(18-37(41)13-14-37)22-5-3-2-4-6-22/h2-7,12,15-16,25-30,33H,8-11,13-14,17-21H2,1H3,(H,39,43)(H2,46,47,48)/t25-,26-,27+,29-,30-,33+/m0/s1. The first kappa shape index (κ1) is 34.9. The van der Waals surface area contributed by atoms with Gasteiger partial charge in [0, 0.05) is 34.8 Å². The van der Waals surface area contributed by atoms with Crippen LogP contribution in [0.25, 0.3) is 10.1 Å². The second kappa shape index (κ2) is 13.3. The zero-order valence-corrected chi connectivity index (χ0v) is 30.2. The third-order valence-corrected chi connectivity index (χ3v) is 14.1. The molecule has 3 N–H and O–H groups in total. The molecule has 1 spiro atoms. The first-order chi connectivity index (χ1) is 24.4. The number of ether oxygens (including phenoxy) is 1. The van der Waals surface area contributed by atoms with Crippen LogP contribution >= 0.6 is 18.9 Å².